The van der Waals surface area contributed by atoms with E-state index in [4.69, 9.17) is 4.98 Å². The van der Waals surface area contributed by atoms with E-state index in [0.29, 0.717) is 5.92 Å². The van der Waals surface area contributed by atoms with E-state index in [2.05, 4.69) is 101 Å². The van der Waals surface area contributed by atoms with Crippen molar-refractivity contribution in [1.29, 1.82) is 0 Å². The van der Waals surface area contributed by atoms with Gasteiger partial charge in [0.25, 0.3) is 0 Å². The summed E-state index contributed by atoms with van der Waals surface area (Å²) in [5.74, 6) is 0.571. The lowest BCUT2D eigenvalue weighted by Crippen LogP contribution is -2.00. The summed E-state index contributed by atoms with van der Waals surface area (Å²) in [4.78, 5) is 5.09. The van der Waals surface area contributed by atoms with Crippen LogP contribution in [-0.2, 0) is 6.42 Å². The maximum absolute atomic E-state index is 5.09. The van der Waals surface area contributed by atoms with Crippen molar-refractivity contribution in [1.82, 2.24) is 4.98 Å². The second-order valence-electron chi connectivity index (χ2n) is 8.61. The average Bonchev–Trinajstić information content (AvgIpc) is 2.73. The quantitative estimate of drug-likeness (QED) is 0.335. The number of aromatic nitrogens is 1. The first-order chi connectivity index (χ1) is 14.5. The molecule has 0 spiro atoms. The van der Waals surface area contributed by atoms with Crippen LogP contribution in [0.2, 0.25) is 0 Å². The van der Waals surface area contributed by atoms with Crippen LogP contribution < -0.4 is 0 Å². The van der Waals surface area contributed by atoms with Crippen LogP contribution in [-0.4, -0.2) is 4.98 Å². The van der Waals surface area contributed by atoms with E-state index in [1.165, 1.54) is 44.3 Å². The third-order valence-corrected chi connectivity index (χ3v) is 5.64. The molecule has 0 atom stereocenters. The van der Waals surface area contributed by atoms with Gasteiger partial charge >= 0.3 is 0 Å². The standard InChI is InChI=1S/C29H29N/c1-6-25-21(5)15-20(4)16-27(25)29-18-24(14-19(2)3)26-17-23(12-13-28(26)30-29)22-10-8-7-9-11-22/h6-13,15-19H,1,14H2,2-5H3. The van der Waals surface area contributed by atoms with Crippen LogP contribution in [0, 0.1) is 19.8 Å². The highest BCUT2D eigenvalue weighted by molar-refractivity contribution is 5.90. The van der Waals surface area contributed by atoms with E-state index in [1.54, 1.807) is 0 Å². The second kappa shape index (κ2) is 8.28. The molecule has 1 nitrogen and oxygen atoms in total. The molecule has 0 aliphatic rings. The van der Waals surface area contributed by atoms with Crippen LogP contribution in [0.4, 0.5) is 0 Å². The monoisotopic (exact) mass is 391 g/mol. The highest BCUT2D eigenvalue weighted by Gasteiger charge is 2.14. The fraction of sp³-hybridized carbons (Fsp3) is 0.207. The van der Waals surface area contributed by atoms with Crippen LogP contribution >= 0.6 is 0 Å². The van der Waals surface area contributed by atoms with Gasteiger partial charge in [-0.2, -0.15) is 0 Å². The van der Waals surface area contributed by atoms with Crippen LogP contribution in [0.15, 0.2) is 73.3 Å². The van der Waals surface area contributed by atoms with Gasteiger partial charge in [0.05, 0.1) is 11.2 Å². The van der Waals surface area contributed by atoms with E-state index in [9.17, 15) is 0 Å². The fourth-order valence-electron chi connectivity index (χ4n) is 4.31. The summed E-state index contributed by atoms with van der Waals surface area (Å²) >= 11 is 0. The molecule has 4 rings (SSSR count). The van der Waals surface area contributed by atoms with E-state index >= 15 is 0 Å². The molecule has 0 aliphatic carbocycles. The van der Waals surface area contributed by atoms with Gasteiger partial charge in [-0.25, -0.2) is 4.98 Å². The van der Waals surface area contributed by atoms with Crippen molar-refractivity contribution in [2.24, 2.45) is 5.92 Å². The topological polar surface area (TPSA) is 12.9 Å². The molecule has 0 saturated carbocycles. The molecule has 30 heavy (non-hydrogen) atoms. The SMILES string of the molecule is C=Cc1c(C)cc(C)cc1-c1cc(CC(C)C)c2cc(-c3ccccc3)ccc2n1. The molecule has 0 radical (unpaired) electrons. The molecule has 4 aromatic rings. The molecule has 0 aliphatic heterocycles. The van der Waals surface area contributed by atoms with Gasteiger partial charge in [-0.15, -0.1) is 0 Å². The maximum atomic E-state index is 5.09. The molecule has 0 saturated heterocycles. The highest BCUT2D eigenvalue weighted by atomic mass is 14.7. The number of nitrogens with zero attached hydrogens (tertiary/aromatic N) is 1. The van der Waals surface area contributed by atoms with Gasteiger partial charge < -0.3 is 0 Å². The molecule has 0 unspecified atom stereocenters. The Morgan fingerprint density at radius 3 is 2.37 bits per heavy atom. The zero-order chi connectivity index (χ0) is 21.3. The Kier molecular flexibility index (Phi) is 5.55. The lowest BCUT2D eigenvalue weighted by atomic mass is 9.92. The molecule has 1 aromatic heterocycles. The normalized spacial score (nSPS) is 11.2. The minimum Gasteiger partial charge on any atom is -0.248 e. The molecule has 0 fully saturated rings. The molecular formula is C29H29N. The highest BCUT2D eigenvalue weighted by Crippen LogP contribution is 2.33. The number of hydrogen-bond acceptors (Lipinski definition) is 1. The first kappa shape index (κ1) is 20.1. The minimum absolute atomic E-state index is 0.571. The summed E-state index contributed by atoms with van der Waals surface area (Å²) in [5.41, 5.74) is 10.8. The van der Waals surface area contributed by atoms with Gasteiger partial charge in [-0.05, 0) is 78.3 Å². The van der Waals surface area contributed by atoms with Crippen molar-refractivity contribution in [3.05, 3.63) is 95.6 Å². The predicted molar refractivity (Wildman–Crippen MR) is 131 cm³/mol. The number of fused-ring (bicyclic) bond motifs is 1. The number of rotatable bonds is 5. The Morgan fingerprint density at radius 2 is 1.67 bits per heavy atom. The average molecular weight is 392 g/mol. The molecule has 1 heterocycles. The summed E-state index contributed by atoms with van der Waals surface area (Å²) in [7, 11) is 0. The third-order valence-electron chi connectivity index (χ3n) is 5.64. The van der Waals surface area contributed by atoms with Crippen LogP contribution in [0.5, 0.6) is 0 Å². The van der Waals surface area contributed by atoms with Crippen LogP contribution in [0.1, 0.15) is 36.1 Å². The van der Waals surface area contributed by atoms with Gasteiger partial charge in [-0.3, -0.25) is 0 Å². The van der Waals surface area contributed by atoms with Gasteiger partial charge in [0.1, 0.15) is 0 Å². The predicted octanol–water partition coefficient (Wildman–Crippen LogP) is 8.03. The molecule has 0 bridgehead atoms. The van der Waals surface area contributed by atoms with Crippen molar-refractivity contribution in [3.8, 4) is 22.4 Å². The van der Waals surface area contributed by atoms with Crippen molar-refractivity contribution >= 4 is 17.0 Å². The number of aryl methyl sites for hydroxylation is 2. The lowest BCUT2D eigenvalue weighted by Gasteiger charge is -2.16. The molecule has 150 valence electrons. The molecule has 3 aromatic carbocycles. The zero-order valence-corrected chi connectivity index (χ0v) is 18.4. The largest absolute Gasteiger partial charge is 0.248 e. The van der Waals surface area contributed by atoms with Gasteiger partial charge in [0, 0.05) is 10.9 Å². The van der Waals surface area contributed by atoms with Crippen molar-refractivity contribution in [3.63, 3.8) is 0 Å². The Labute approximate surface area is 180 Å². The number of benzene rings is 3. The van der Waals surface area contributed by atoms with Crippen molar-refractivity contribution in [2.45, 2.75) is 34.1 Å². The maximum Gasteiger partial charge on any atom is 0.0718 e. The summed E-state index contributed by atoms with van der Waals surface area (Å²) in [6, 6.07) is 24.0. The first-order valence-corrected chi connectivity index (χ1v) is 10.7. The Bertz CT molecular complexity index is 1220. The lowest BCUT2D eigenvalue weighted by molar-refractivity contribution is 0.650. The van der Waals surface area contributed by atoms with E-state index < -0.39 is 0 Å². The molecule has 0 amide bonds. The Morgan fingerprint density at radius 1 is 0.900 bits per heavy atom. The summed E-state index contributed by atoms with van der Waals surface area (Å²) < 4.78 is 0. The van der Waals surface area contributed by atoms with Crippen LogP contribution in [0.3, 0.4) is 0 Å². The zero-order valence-electron chi connectivity index (χ0n) is 18.4. The summed E-state index contributed by atoms with van der Waals surface area (Å²) in [5, 5.41) is 1.25. The smallest absolute Gasteiger partial charge is 0.0718 e. The van der Waals surface area contributed by atoms with Crippen molar-refractivity contribution in [2.75, 3.05) is 0 Å². The number of hydrogen-bond donors (Lipinski definition) is 0. The Balaban J connectivity index is 1.95. The van der Waals surface area contributed by atoms with E-state index in [-0.39, 0.29) is 0 Å². The summed E-state index contributed by atoms with van der Waals surface area (Å²) in [6.07, 6.45) is 2.98. The molecular weight excluding hydrogens is 362 g/mol. The molecule has 1 heteroatoms. The van der Waals surface area contributed by atoms with E-state index in [0.717, 1.165) is 17.6 Å². The minimum atomic E-state index is 0.571. The van der Waals surface area contributed by atoms with Crippen LogP contribution in [0.25, 0.3) is 39.4 Å². The van der Waals surface area contributed by atoms with Gasteiger partial charge in [-0.1, -0.05) is 74.5 Å². The fourth-order valence-corrected chi connectivity index (χ4v) is 4.31. The van der Waals surface area contributed by atoms with Crippen molar-refractivity contribution < 1.29 is 0 Å². The second-order valence-corrected chi connectivity index (χ2v) is 8.61. The van der Waals surface area contributed by atoms with Gasteiger partial charge in [0.15, 0.2) is 0 Å². The third kappa shape index (κ3) is 3.93. The first-order valence-electron chi connectivity index (χ1n) is 10.7. The Hall–Kier alpha value is -3.19. The molecule has 0 N–H and O–H groups in total. The van der Waals surface area contributed by atoms with Gasteiger partial charge in [0.2, 0.25) is 0 Å². The van der Waals surface area contributed by atoms with E-state index in [1.807, 2.05) is 6.08 Å². The summed E-state index contributed by atoms with van der Waals surface area (Å²) in [6.45, 7) is 12.9. The number of pyridine rings is 1.